The average Bonchev–Trinajstić information content (AvgIpc) is 2.49. The van der Waals surface area contributed by atoms with Crippen molar-refractivity contribution in [2.45, 2.75) is 13.3 Å². The molecule has 0 atom stereocenters. The number of aryl methyl sites for hydroxylation is 1. The zero-order valence-electron chi connectivity index (χ0n) is 12.1. The van der Waals surface area contributed by atoms with Gasteiger partial charge in [-0.05, 0) is 19.1 Å². The first-order chi connectivity index (χ1) is 10.1. The number of ether oxygens (including phenoxy) is 1. The number of rotatable bonds is 5. The van der Waals surface area contributed by atoms with Gasteiger partial charge in [0, 0.05) is 31.7 Å². The average molecular weight is 292 g/mol. The number of morpholine rings is 1. The molecule has 1 fully saturated rings. The molecule has 0 saturated carbocycles. The van der Waals surface area contributed by atoms with Crippen LogP contribution in [0.5, 0.6) is 0 Å². The van der Waals surface area contributed by atoms with Crippen molar-refractivity contribution in [1.29, 1.82) is 0 Å². The summed E-state index contributed by atoms with van der Waals surface area (Å²) in [7, 11) is 0. The van der Waals surface area contributed by atoms with Gasteiger partial charge >= 0.3 is 5.97 Å². The van der Waals surface area contributed by atoms with E-state index in [0.717, 1.165) is 5.56 Å². The van der Waals surface area contributed by atoms with Gasteiger partial charge in [-0.25, -0.2) is 4.79 Å². The maximum atomic E-state index is 12.0. The summed E-state index contributed by atoms with van der Waals surface area (Å²) >= 11 is 0. The van der Waals surface area contributed by atoms with Crippen LogP contribution in [0.1, 0.15) is 22.3 Å². The number of benzene rings is 1. The molecule has 0 bridgehead atoms. The molecule has 2 rings (SSSR count). The number of aromatic carboxylic acids is 1. The van der Waals surface area contributed by atoms with Crippen molar-refractivity contribution in [3.05, 3.63) is 29.3 Å². The van der Waals surface area contributed by atoms with Crippen LogP contribution in [0, 0.1) is 6.92 Å². The van der Waals surface area contributed by atoms with Crippen LogP contribution >= 0.6 is 0 Å². The predicted octanol–water partition coefficient (Wildman–Crippen LogP) is 1.35. The van der Waals surface area contributed by atoms with Crippen molar-refractivity contribution in [3.63, 3.8) is 0 Å². The second kappa shape index (κ2) is 7.08. The lowest BCUT2D eigenvalue weighted by Gasteiger charge is -2.27. The lowest BCUT2D eigenvalue weighted by atomic mass is 10.1. The summed E-state index contributed by atoms with van der Waals surface area (Å²) < 4.78 is 5.20. The lowest BCUT2D eigenvalue weighted by Crippen LogP contribution is -2.41. The van der Waals surface area contributed by atoms with Crippen LogP contribution in [-0.2, 0) is 9.53 Å². The third-order valence-corrected chi connectivity index (χ3v) is 3.42. The van der Waals surface area contributed by atoms with E-state index in [1.807, 2.05) is 13.0 Å². The summed E-state index contributed by atoms with van der Waals surface area (Å²) in [5.74, 6) is -0.907. The van der Waals surface area contributed by atoms with Gasteiger partial charge in [0.1, 0.15) is 0 Å². The molecule has 1 aliphatic rings. The van der Waals surface area contributed by atoms with Crippen molar-refractivity contribution in [2.75, 3.05) is 38.2 Å². The molecule has 1 saturated heterocycles. The van der Waals surface area contributed by atoms with E-state index in [2.05, 4.69) is 5.32 Å². The smallest absolute Gasteiger partial charge is 0.337 e. The number of carbonyl (C=O) groups is 2. The number of nitrogens with one attached hydrogen (secondary N) is 1. The Morgan fingerprint density at radius 3 is 2.71 bits per heavy atom. The summed E-state index contributed by atoms with van der Waals surface area (Å²) in [6.45, 7) is 4.69. The third-order valence-electron chi connectivity index (χ3n) is 3.42. The number of amides is 1. The zero-order valence-corrected chi connectivity index (χ0v) is 12.1. The normalized spacial score (nSPS) is 14.8. The highest BCUT2D eigenvalue weighted by atomic mass is 16.5. The lowest BCUT2D eigenvalue weighted by molar-refractivity contribution is -0.134. The Hall–Kier alpha value is -2.08. The maximum Gasteiger partial charge on any atom is 0.337 e. The molecule has 21 heavy (non-hydrogen) atoms. The molecule has 114 valence electrons. The van der Waals surface area contributed by atoms with Gasteiger partial charge in [-0.1, -0.05) is 11.6 Å². The van der Waals surface area contributed by atoms with Crippen molar-refractivity contribution >= 4 is 17.6 Å². The first-order valence-electron chi connectivity index (χ1n) is 7.01. The van der Waals surface area contributed by atoms with E-state index in [1.54, 1.807) is 17.0 Å². The molecule has 0 aromatic heterocycles. The van der Waals surface area contributed by atoms with E-state index in [-0.39, 0.29) is 11.5 Å². The molecule has 6 nitrogen and oxygen atoms in total. The van der Waals surface area contributed by atoms with Crippen LogP contribution in [0.25, 0.3) is 0 Å². The minimum Gasteiger partial charge on any atom is -0.478 e. The third kappa shape index (κ3) is 4.19. The van der Waals surface area contributed by atoms with Crippen molar-refractivity contribution < 1.29 is 19.4 Å². The van der Waals surface area contributed by atoms with Gasteiger partial charge in [0.05, 0.1) is 18.8 Å². The highest BCUT2D eigenvalue weighted by Gasteiger charge is 2.16. The molecule has 0 aliphatic carbocycles. The number of carboxylic acid groups (broad SMARTS) is 1. The van der Waals surface area contributed by atoms with Crippen LogP contribution < -0.4 is 5.32 Å². The molecule has 2 N–H and O–H groups in total. The standard InChI is InChI=1S/C15H20N2O4/c1-11-2-3-13(12(10-11)15(19)20)16-5-4-14(18)17-6-8-21-9-7-17/h2-3,10,16H,4-9H2,1H3,(H,19,20). The van der Waals surface area contributed by atoms with Gasteiger partial charge in [0.2, 0.25) is 5.91 Å². The van der Waals surface area contributed by atoms with E-state index in [9.17, 15) is 14.7 Å². The van der Waals surface area contributed by atoms with E-state index in [1.165, 1.54) is 0 Å². The van der Waals surface area contributed by atoms with Gasteiger partial charge in [0.25, 0.3) is 0 Å². The number of nitrogens with zero attached hydrogens (tertiary/aromatic N) is 1. The Kier molecular flexibility index (Phi) is 5.16. The fraction of sp³-hybridized carbons (Fsp3) is 0.467. The first-order valence-corrected chi connectivity index (χ1v) is 7.01. The molecular formula is C15H20N2O4. The SMILES string of the molecule is Cc1ccc(NCCC(=O)N2CCOCC2)c(C(=O)O)c1. The van der Waals surface area contributed by atoms with Gasteiger partial charge in [0.15, 0.2) is 0 Å². The topological polar surface area (TPSA) is 78.9 Å². The summed E-state index contributed by atoms with van der Waals surface area (Å²) in [5, 5.41) is 12.2. The zero-order chi connectivity index (χ0) is 15.2. The summed E-state index contributed by atoms with van der Waals surface area (Å²) in [5.41, 5.74) is 1.67. The minimum atomic E-state index is -0.972. The fourth-order valence-corrected chi connectivity index (χ4v) is 2.26. The van der Waals surface area contributed by atoms with E-state index < -0.39 is 5.97 Å². The Balaban J connectivity index is 1.88. The molecule has 6 heteroatoms. The Morgan fingerprint density at radius 1 is 1.33 bits per heavy atom. The molecule has 1 aliphatic heterocycles. The van der Waals surface area contributed by atoms with E-state index in [4.69, 9.17) is 4.74 Å². The Morgan fingerprint density at radius 2 is 2.05 bits per heavy atom. The maximum absolute atomic E-state index is 12.0. The van der Waals surface area contributed by atoms with Crippen LogP contribution in [0.2, 0.25) is 0 Å². The van der Waals surface area contributed by atoms with Crippen LogP contribution in [0.3, 0.4) is 0 Å². The van der Waals surface area contributed by atoms with E-state index in [0.29, 0.717) is 45.0 Å². The molecule has 1 aromatic rings. The second-order valence-electron chi connectivity index (χ2n) is 5.02. The van der Waals surface area contributed by atoms with Gasteiger partial charge in [-0.3, -0.25) is 4.79 Å². The second-order valence-corrected chi connectivity index (χ2v) is 5.02. The van der Waals surface area contributed by atoms with Gasteiger partial charge in [-0.15, -0.1) is 0 Å². The minimum absolute atomic E-state index is 0.0646. The number of carbonyl (C=O) groups excluding carboxylic acids is 1. The van der Waals surface area contributed by atoms with Crippen LogP contribution in [0.15, 0.2) is 18.2 Å². The van der Waals surface area contributed by atoms with Gasteiger partial charge in [-0.2, -0.15) is 0 Å². The molecule has 0 unspecified atom stereocenters. The first kappa shape index (κ1) is 15.3. The molecule has 1 aromatic carbocycles. The van der Waals surface area contributed by atoms with Crippen LogP contribution in [-0.4, -0.2) is 54.7 Å². The van der Waals surface area contributed by atoms with Crippen molar-refractivity contribution in [3.8, 4) is 0 Å². The Labute approximate surface area is 123 Å². The van der Waals surface area contributed by atoms with Crippen LogP contribution in [0.4, 0.5) is 5.69 Å². The van der Waals surface area contributed by atoms with Crippen molar-refractivity contribution in [1.82, 2.24) is 4.90 Å². The monoisotopic (exact) mass is 292 g/mol. The fourth-order valence-electron chi connectivity index (χ4n) is 2.26. The number of hydrogen-bond acceptors (Lipinski definition) is 4. The number of carboxylic acids is 1. The molecule has 1 amide bonds. The van der Waals surface area contributed by atoms with Crippen molar-refractivity contribution in [2.24, 2.45) is 0 Å². The largest absolute Gasteiger partial charge is 0.478 e. The van der Waals surface area contributed by atoms with E-state index >= 15 is 0 Å². The molecule has 0 spiro atoms. The molecule has 1 heterocycles. The quantitative estimate of drug-likeness (QED) is 0.856. The highest BCUT2D eigenvalue weighted by Crippen LogP contribution is 2.17. The number of hydrogen-bond donors (Lipinski definition) is 2. The predicted molar refractivity (Wildman–Crippen MR) is 78.6 cm³/mol. The Bertz CT molecular complexity index is 524. The molecular weight excluding hydrogens is 272 g/mol. The summed E-state index contributed by atoms with van der Waals surface area (Å²) in [4.78, 5) is 24.9. The summed E-state index contributed by atoms with van der Waals surface area (Å²) in [6.07, 6.45) is 0.340. The van der Waals surface area contributed by atoms with Gasteiger partial charge < -0.3 is 20.1 Å². The molecule has 0 radical (unpaired) electrons. The highest BCUT2D eigenvalue weighted by molar-refractivity contribution is 5.94. The summed E-state index contributed by atoms with van der Waals surface area (Å²) in [6, 6.07) is 5.20. The number of anilines is 1.